The summed E-state index contributed by atoms with van der Waals surface area (Å²) >= 11 is 5.93. The number of amides is 2. The second-order valence-corrected chi connectivity index (χ2v) is 7.43. The topological polar surface area (TPSA) is 70.2 Å². The van der Waals surface area contributed by atoms with Crippen molar-refractivity contribution in [1.29, 1.82) is 0 Å². The molecule has 0 saturated carbocycles. The third-order valence-corrected chi connectivity index (χ3v) is 5.09. The normalized spacial score (nSPS) is 13.8. The maximum atomic E-state index is 12.1. The van der Waals surface area contributed by atoms with Gasteiger partial charge in [-0.05, 0) is 61.7 Å². The summed E-state index contributed by atoms with van der Waals surface area (Å²) in [5.41, 5.74) is 3.08. The lowest BCUT2D eigenvalue weighted by atomic mass is 10.1. The van der Waals surface area contributed by atoms with Crippen LogP contribution in [0.4, 0.5) is 22.0 Å². The molecule has 2 heterocycles. The van der Waals surface area contributed by atoms with Gasteiger partial charge in [0.25, 0.3) is 0 Å². The third-order valence-electron chi connectivity index (χ3n) is 4.85. The van der Waals surface area contributed by atoms with E-state index in [1.165, 1.54) is 19.3 Å². The molecule has 2 aromatic carbocycles. The van der Waals surface area contributed by atoms with Gasteiger partial charge < -0.3 is 15.5 Å². The molecule has 148 valence electrons. The average Bonchev–Trinajstić information content (AvgIpc) is 2.75. The van der Waals surface area contributed by atoms with Crippen LogP contribution in [0.25, 0.3) is 11.3 Å². The predicted molar refractivity (Wildman–Crippen MR) is 118 cm³/mol. The Morgan fingerprint density at radius 3 is 2.31 bits per heavy atom. The molecule has 0 spiro atoms. The summed E-state index contributed by atoms with van der Waals surface area (Å²) in [6.07, 6.45) is 3.71. The van der Waals surface area contributed by atoms with Crippen molar-refractivity contribution in [3.05, 3.63) is 65.7 Å². The van der Waals surface area contributed by atoms with E-state index >= 15 is 0 Å². The van der Waals surface area contributed by atoms with Gasteiger partial charge in [-0.3, -0.25) is 0 Å². The van der Waals surface area contributed by atoms with E-state index < -0.39 is 0 Å². The van der Waals surface area contributed by atoms with Crippen LogP contribution in [0.2, 0.25) is 5.02 Å². The molecule has 0 aliphatic carbocycles. The maximum Gasteiger partial charge on any atom is 0.323 e. The van der Waals surface area contributed by atoms with Gasteiger partial charge in [0.1, 0.15) is 0 Å². The Hall–Kier alpha value is -3.12. The molecule has 2 N–H and O–H groups in total. The fourth-order valence-electron chi connectivity index (χ4n) is 3.35. The van der Waals surface area contributed by atoms with Crippen molar-refractivity contribution >= 4 is 34.8 Å². The second kappa shape index (κ2) is 8.92. The van der Waals surface area contributed by atoms with Gasteiger partial charge in [-0.25, -0.2) is 4.79 Å². The number of carbonyl (C=O) groups excluding carboxylic acids is 1. The highest BCUT2D eigenvalue weighted by atomic mass is 35.5. The number of aromatic nitrogens is 2. The Kier molecular flexibility index (Phi) is 5.91. The number of nitrogens with one attached hydrogen (secondary N) is 2. The quantitative estimate of drug-likeness (QED) is 0.604. The molecule has 0 unspecified atom stereocenters. The molecule has 0 radical (unpaired) electrons. The van der Waals surface area contributed by atoms with Gasteiger partial charge in [0.15, 0.2) is 5.82 Å². The molecule has 7 heteroatoms. The van der Waals surface area contributed by atoms with Crippen molar-refractivity contribution in [3.8, 4) is 11.3 Å². The fraction of sp³-hybridized carbons (Fsp3) is 0.227. The minimum atomic E-state index is -0.328. The predicted octanol–water partition coefficient (Wildman–Crippen LogP) is 5.43. The molecule has 1 fully saturated rings. The van der Waals surface area contributed by atoms with E-state index in [-0.39, 0.29) is 6.03 Å². The highest BCUT2D eigenvalue weighted by Crippen LogP contribution is 2.22. The Bertz CT molecular complexity index is 969. The minimum absolute atomic E-state index is 0.328. The van der Waals surface area contributed by atoms with Gasteiger partial charge in [0, 0.05) is 35.1 Å². The van der Waals surface area contributed by atoms with Gasteiger partial charge in [-0.15, -0.1) is 10.2 Å². The average molecular weight is 408 g/mol. The zero-order valence-corrected chi connectivity index (χ0v) is 16.7. The van der Waals surface area contributed by atoms with Gasteiger partial charge in [0.05, 0.1) is 5.69 Å². The number of rotatable bonds is 4. The summed E-state index contributed by atoms with van der Waals surface area (Å²) in [6.45, 7) is 2.09. The van der Waals surface area contributed by atoms with Crippen LogP contribution < -0.4 is 15.5 Å². The summed E-state index contributed by atoms with van der Waals surface area (Å²) < 4.78 is 0. The molecular weight excluding hydrogens is 386 g/mol. The summed E-state index contributed by atoms with van der Waals surface area (Å²) in [5.74, 6) is 0.935. The fourth-order valence-corrected chi connectivity index (χ4v) is 3.55. The van der Waals surface area contributed by atoms with E-state index in [0.717, 1.165) is 30.2 Å². The van der Waals surface area contributed by atoms with Crippen molar-refractivity contribution in [1.82, 2.24) is 10.2 Å². The molecule has 29 heavy (non-hydrogen) atoms. The summed E-state index contributed by atoms with van der Waals surface area (Å²) in [7, 11) is 0. The smallest absolute Gasteiger partial charge is 0.323 e. The van der Waals surface area contributed by atoms with E-state index in [1.807, 2.05) is 36.4 Å². The Morgan fingerprint density at radius 2 is 1.62 bits per heavy atom. The largest absolute Gasteiger partial charge is 0.355 e. The van der Waals surface area contributed by atoms with Crippen LogP contribution in [0.1, 0.15) is 19.3 Å². The lowest BCUT2D eigenvalue weighted by Crippen LogP contribution is -2.30. The number of urea groups is 1. The molecule has 4 rings (SSSR count). The van der Waals surface area contributed by atoms with Crippen molar-refractivity contribution in [3.63, 3.8) is 0 Å². The first kappa shape index (κ1) is 19.2. The SMILES string of the molecule is O=C(Nc1ccc(-c2ccc(N3CCCCC3)nn2)cc1)Nc1cccc(Cl)c1. The molecule has 1 aliphatic rings. The van der Waals surface area contributed by atoms with Crippen molar-refractivity contribution in [2.24, 2.45) is 0 Å². The van der Waals surface area contributed by atoms with Crippen molar-refractivity contribution in [2.45, 2.75) is 19.3 Å². The highest BCUT2D eigenvalue weighted by Gasteiger charge is 2.12. The first-order valence-corrected chi connectivity index (χ1v) is 10.1. The number of halogens is 1. The number of anilines is 3. The zero-order valence-electron chi connectivity index (χ0n) is 15.9. The lowest BCUT2D eigenvalue weighted by Gasteiger charge is -2.27. The molecule has 1 aromatic heterocycles. The summed E-state index contributed by atoms with van der Waals surface area (Å²) in [5, 5.41) is 14.9. The maximum absolute atomic E-state index is 12.1. The van der Waals surface area contributed by atoms with E-state index in [0.29, 0.717) is 16.4 Å². The minimum Gasteiger partial charge on any atom is -0.355 e. The number of piperidine rings is 1. The van der Waals surface area contributed by atoms with E-state index in [9.17, 15) is 4.79 Å². The van der Waals surface area contributed by atoms with Crippen LogP contribution in [-0.4, -0.2) is 29.3 Å². The Labute approximate surface area is 174 Å². The molecule has 1 saturated heterocycles. The highest BCUT2D eigenvalue weighted by molar-refractivity contribution is 6.30. The molecule has 3 aromatic rings. The van der Waals surface area contributed by atoms with E-state index in [4.69, 9.17) is 11.6 Å². The number of hydrogen-bond donors (Lipinski definition) is 2. The summed E-state index contributed by atoms with van der Waals surface area (Å²) in [6, 6.07) is 18.2. The van der Waals surface area contributed by atoms with E-state index in [1.54, 1.807) is 24.3 Å². The van der Waals surface area contributed by atoms with Gasteiger partial charge >= 0.3 is 6.03 Å². The van der Waals surface area contributed by atoms with Crippen LogP contribution in [0.5, 0.6) is 0 Å². The van der Waals surface area contributed by atoms with Crippen LogP contribution in [0.3, 0.4) is 0 Å². The van der Waals surface area contributed by atoms with Crippen molar-refractivity contribution < 1.29 is 4.79 Å². The second-order valence-electron chi connectivity index (χ2n) is 6.99. The molecule has 1 aliphatic heterocycles. The van der Waals surface area contributed by atoms with Gasteiger partial charge in [-0.2, -0.15) is 0 Å². The first-order valence-electron chi connectivity index (χ1n) is 9.70. The Balaban J connectivity index is 1.37. The molecule has 2 amide bonds. The standard InChI is InChI=1S/C22H22ClN5O/c23-17-5-4-6-19(15-17)25-22(29)24-18-9-7-16(8-10-18)20-11-12-21(27-26-20)28-13-2-1-3-14-28/h4-12,15H,1-3,13-14H2,(H2,24,25,29). The monoisotopic (exact) mass is 407 g/mol. The van der Waals surface area contributed by atoms with Crippen LogP contribution in [0.15, 0.2) is 60.7 Å². The lowest BCUT2D eigenvalue weighted by molar-refractivity contribution is 0.262. The summed E-state index contributed by atoms with van der Waals surface area (Å²) in [4.78, 5) is 14.4. The van der Waals surface area contributed by atoms with Crippen molar-refractivity contribution in [2.75, 3.05) is 28.6 Å². The zero-order chi connectivity index (χ0) is 20.1. The van der Waals surface area contributed by atoms with E-state index in [2.05, 4.69) is 25.7 Å². The number of benzene rings is 2. The first-order chi connectivity index (χ1) is 14.2. The number of carbonyl (C=O) groups is 1. The number of hydrogen-bond acceptors (Lipinski definition) is 4. The van der Waals surface area contributed by atoms with Crippen LogP contribution in [-0.2, 0) is 0 Å². The van der Waals surface area contributed by atoms with Crippen LogP contribution in [0, 0.1) is 0 Å². The van der Waals surface area contributed by atoms with Gasteiger partial charge in [-0.1, -0.05) is 29.8 Å². The third kappa shape index (κ3) is 5.03. The molecular formula is C22H22ClN5O. The van der Waals surface area contributed by atoms with Crippen LogP contribution >= 0.6 is 11.6 Å². The van der Waals surface area contributed by atoms with Gasteiger partial charge in [0.2, 0.25) is 0 Å². The molecule has 0 bridgehead atoms. The Morgan fingerprint density at radius 1 is 0.862 bits per heavy atom. The number of nitrogens with zero attached hydrogens (tertiary/aromatic N) is 3. The molecule has 6 nitrogen and oxygen atoms in total. The molecule has 0 atom stereocenters.